The van der Waals surface area contributed by atoms with Gasteiger partial charge in [-0.25, -0.2) is 9.97 Å². The second-order valence-electron chi connectivity index (χ2n) is 6.70. The van der Waals surface area contributed by atoms with Crippen LogP contribution < -0.4 is 0 Å². The Balaban J connectivity index is 1.78. The number of rotatable bonds is 3. The molecule has 0 aliphatic heterocycles. The standard InChI is InChI=1S/C20H18N6/c1-12(2)26-11-17(15-4-7-22-20-16(15)5-8-23-20)18(25-26)14-9-13-3-6-21-19(13)24-10-14/h3-12H,1-2H3,(H,21,24)(H,22,23). The number of nitrogens with zero attached hydrogens (tertiary/aromatic N) is 4. The van der Waals surface area contributed by atoms with Gasteiger partial charge in [0.2, 0.25) is 0 Å². The Hall–Kier alpha value is -3.41. The minimum absolute atomic E-state index is 0.273. The zero-order chi connectivity index (χ0) is 17.7. The van der Waals surface area contributed by atoms with Crippen LogP contribution in [-0.4, -0.2) is 29.7 Å². The lowest BCUT2D eigenvalue weighted by Gasteiger charge is -2.04. The van der Waals surface area contributed by atoms with E-state index in [2.05, 4.69) is 52.1 Å². The summed E-state index contributed by atoms with van der Waals surface area (Å²) in [6.07, 6.45) is 9.65. The fourth-order valence-corrected chi connectivity index (χ4v) is 3.33. The number of hydrogen-bond donors (Lipinski definition) is 2. The van der Waals surface area contributed by atoms with Crippen LogP contribution in [0.4, 0.5) is 0 Å². The van der Waals surface area contributed by atoms with Crippen LogP contribution in [0.1, 0.15) is 19.9 Å². The summed E-state index contributed by atoms with van der Waals surface area (Å²) < 4.78 is 2.00. The zero-order valence-corrected chi connectivity index (χ0v) is 14.6. The van der Waals surface area contributed by atoms with Crippen LogP contribution in [0.15, 0.2) is 55.2 Å². The van der Waals surface area contributed by atoms with E-state index < -0.39 is 0 Å². The highest BCUT2D eigenvalue weighted by molar-refractivity contribution is 5.97. The molecule has 5 aromatic rings. The molecule has 0 radical (unpaired) electrons. The summed E-state index contributed by atoms with van der Waals surface area (Å²) in [5.74, 6) is 0. The third-order valence-corrected chi connectivity index (χ3v) is 4.68. The van der Waals surface area contributed by atoms with E-state index in [0.717, 1.165) is 44.5 Å². The molecule has 26 heavy (non-hydrogen) atoms. The molecule has 6 heteroatoms. The van der Waals surface area contributed by atoms with Crippen molar-refractivity contribution < 1.29 is 0 Å². The van der Waals surface area contributed by atoms with E-state index in [9.17, 15) is 0 Å². The van der Waals surface area contributed by atoms with Gasteiger partial charge in [-0.05, 0) is 43.7 Å². The van der Waals surface area contributed by atoms with Crippen LogP contribution in [0.5, 0.6) is 0 Å². The summed E-state index contributed by atoms with van der Waals surface area (Å²) in [5, 5.41) is 7.04. The molecule has 128 valence electrons. The molecule has 2 N–H and O–H groups in total. The first-order valence-corrected chi connectivity index (χ1v) is 8.66. The Morgan fingerprint density at radius 3 is 2.69 bits per heavy atom. The van der Waals surface area contributed by atoms with Crippen molar-refractivity contribution in [2.24, 2.45) is 0 Å². The Kier molecular flexibility index (Phi) is 3.18. The molecule has 0 aromatic carbocycles. The van der Waals surface area contributed by atoms with Gasteiger partial charge in [-0.1, -0.05) is 0 Å². The fourth-order valence-electron chi connectivity index (χ4n) is 3.33. The van der Waals surface area contributed by atoms with E-state index in [-0.39, 0.29) is 6.04 Å². The second-order valence-corrected chi connectivity index (χ2v) is 6.70. The van der Waals surface area contributed by atoms with E-state index in [1.165, 1.54) is 0 Å². The number of aromatic amines is 2. The summed E-state index contributed by atoms with van der Waals surface area (Å²) >= 11 is 0. The van der Waals surface area contributed by atoms with Crippen molar-refractivity contribution in [1.82, 2.24) is 29.7 Å². The SMILES string of the molecule is CC(C)n1cc(-c2ccnc3[nH]ccc23)c(-c2cnc3[nH]ccc3c2)n1. The van der Waals surface area contributed by atoms with Gasteiger partial charge in [-0.2, -0.15) is 5.10 Å². The molecule has 0 fully saturated rings. The molecular weight excluding hydrogens is 324 g/mol. The average Bonchev–Trinajstić information content (AvgIpc) is 3.38. The minimum atomic E-state index is 0.273. The highest BCUT2D eigenvalue weighted by Gasteiger charge is 2.17. The number of aromatic nitrogens is 6. The third kappa shape index (κ3) is 2.23. The highest BCUT2D eigenvalue weighted by Crippen LogP contribution is 2.35. The third-order valence-electron chi connectivity index (χ3n) is 4.68. The number of nitrogens with one attached hydrogen (secondary N) is 2. The van der Waals surface area contributed by atoms with E-state index in [4.69, 9.17) is 5.10 Å². The maximum Gasteiger partial charge on any atom is 0.137 e. The quantitative estimate of drug-likeness (QED) is 0.505. The molecule has 6 nitrogen and oxygen atoms in total. The molecule has 5 rings (SSSR count). The van der Waals surface area contributed by atoms with Crippen LogP contribution in [0.2, 0.25) is 0 Å². The predicted octanol–water partition coefficient (Wildman–Crippen LogP) is 4.55. The first kappa shape index (κ1) is 14.9. The predicted molar refractivity (Wildman–Crippen MR) is 103 cm³/mol. The summed E-state index contributed by atoms with van der Waals surface area (Å²) in [5.41, 5.74) is 5.91. The first-order valence-electron chi connectivity index (χ1n) is 8.66. The van der Waals surface area contributed by atoms with Crippen molar-refractivity contribution in [3.8, 4) is 22.4 Å². The molecule has 5 aromatic heterocycles. The topological polar surface area (TPSA) is 75.2 Å². The van der Waals surface area contributed by atoms with Crippen LogP contribution in [0.25, 0.3) is 44.5 Å². The van der Waals surface area contributed by atoms with Crippen LogP contribution in [0, 0.1) is 0 Å². The normalized spacial score (nSPS) is 11.8. The molecule has 5 heterocycles. The molecule has 0 saturated carbocycles. The van der Waals surface area contributed by atoms with Gasteiger partial charge in [0.15, 0.2) is 0 Å². The molecule has 0 unspecified atom stereocenters. The van der Waals surface area contributed by atoms with Crippen molar-refractivity contribution in [2.75, 3.05) is 0 Å². The number of fused-ring (bicyclic) bond motifs is 2. The van der Waals surface area contributed by atoms with Crippen molar-refractivity contribution in [3.63, 3.8) is 0 Å². The Labute approximate surface area is 149 Å². The Morgan fingerprint density at radius 2 is 1.81 bits per heavy atom. The molecule has 0 aliphatic carbocycles. The zero-order valence-electron chi connectivity index (χ0n) is 14.6. The van der Waals surface area contributed by atoms with Crippen LogP contribution in [-0.2, 0) is 0 Å². The summed E-state index contributed by atoms with van der Waals surface area (Å²) in [7, 11) is 0. The van der Waals surface area contributed by atoms with Gasteiger partial charge in [0.25, 0.3) is 0 Å². The highest BCUT2D eigenvalue weighted by atomic mass is 15.3. The molecule has 0 atom stereocenters. The van der Waals surface area contributed by atoms with E-state index in [1.54, 1.807) is 0 Å². The maximum absolute atomic E-state index is 4.87. The molecular formula is C20H18N6. The smallest absolute Gasteiger partial charge is 0.137 e. The lowest BCUT2D eigenvalue weighted by Crippen LogP contribution is -2.00. The van der Waals surface area contributed by atoms with Crippen molar-refractivity contribution in [3.05, 3.63) is 55.2 Å². The molecule has 0 spiro atoms. The molecule has 0 aliphatic rings. The number of pyridine rings is 2. The number of hydrogen-bond acceptors (Lipinski definition) is 3. The monoisotopic (exact) mass is 342 g/mol. The minimum Gasteiger partial charge on any atom is -0.346 e. The maximum atomic E-state index is 4.87. The van der Waals surface area contributed by atoms with Gasteiger partial charge >= 0.3 is 0 Å². The summed E-state index contributed by atoms with van der Waals surface area (Å²) in [6.45, 7) is 4.26. The molecule has 0 amide bonds. The van der Waals surface area contributed by atoms with E-state index >= 15 is 0 Å². The Morgan fingerprint density at radius 1 is 0.962 bits per heavy atom. The lowest BCUT2D eigenvalue weighted by atomic mass is 10.0. The first-order chi connectivity index (χ1) is 12.7. The van der Waals surface area contributed by atoms with Crippen LogP contribution in [0.3, 0.4) is 0 Å². The van der Waals surface area contributed by atoms with Gasteiger partial charge in [0.05, 0.1) is 0 Å². The van der Waals surface area contributed by atoms with Crippen molar-refractivity contribution in [1.29, 1.82) is 0 Å². The average molecular weight is 342 g/mol. The van der Waals surface area contributed by atoms with Crippen LogP contribution >= 0.6 is 0 Å². The van der Waals surface area contributed by atoms with E-state index in [0.29, 0.717) is 0 Å². The molecule has 0 saturated heterocycles. The number of H-pyrrole nitrogens is 2. The van der Waals surface area contributed by atoms with Gasteiger partial charge in [-0.15, -0.1) is 0 Å². The van der Waals surface area contributed by atoms with Crippen molar-refractivity contribution >= 4 is 22.1 Å². The molecule has 0 bridgehead atoms. The second kappa shape index (κ2) is 5.56. The van der Waals surface area contributed by atoms with Gasteiger partial charge < -0.3 is 9.97 Å². The largest absolute Gasteiger partial charge is 0.346 e. The van der Waals surface area contributed by atoms with Crippen molar-refractivity contribution in [2.45, 2.75) is 19.9 Å². The summed E-state index contributed by atoms with van der Waals surface area (Å²) in [4.78, 5) is 15.3. The fraction of sp³-hybridized carbons (Fsp3) is 0.150. The summed E-state index contributed by atoms with van der Waals surface area (Å²) in [6, 6.07) is 8.54. The van der Waals surface area contributed by atoms with Gasteiger partial charge in [0.1, 0.15) is 17.0 Å². The van der Waals surface area contributed by atoms with Gasteiger partial charge in [-0.3, -0.25) is 4.68 Å². The van der Waals surface area contributed by atoms with Gasteiger partial charge in [0, 0.05) is 58.9 Å². The lowest BCUT2D eigenvalue weighted by molar-refractivity contribution is 0.534. The Bertz CT molecular complexity index is 1220. The van der Waals surface area contributed by atoms with E-state index in [1.807, 2.05) is 41.6 Å².